The van der Waals surface area contributed by atoms with Gasteiger partial charge in [0.25, 0.3) is 0 Å². The van der Waals surface area contributed by atoms with E-state index in [1.165, 1.54) is 5.56 Å². The van der Waals surface area contributed by atoms with Crippen molar-refractivity contribution in [3.8, 4) is 0 Å². The van der Waals surface area contributed by atoms with Gasteiger partial charge in [-0.05, 0) is 24.8 Å². The van der Waals surface area contributed by atoms with Crippen molar-refractivity contribution in [2.45, 2.75) is 19.5 Å². The van der Waals surface area contributed by atoms with Crippen LogP contribution in [0.5, 0.6) is 0 Å². The molecule has 4 nitrogen and oxygen atoms in total. The number of rotatable bonds is 9. The van der Waals surface area contributed by atoms with Gasteiger partial charge in [-0.25, -0.2) is 4.98 Å². The average molecular weight is 283 g/mol. The van der Waals surface area contributed by atoms with Crippen LogP contribution in [0.2, 0.25) is 0 Å². The molecule has 0 amide bonds. The fourth-order valence-electron chi connectivity index (χ4n) is 1.72. The van der Waals surface area contributed by atoms with Crippen molar-refractivity contribution < 1.29 is 4.74 Å². The highest BCUT2D eigenvalue weighted by Gasteiger charge is 2.10. The Kier molecular flexibility index (Phi) is 7.86. The third-order valence-corrected chi connectivity index (χ3v) is 3.87. The quantitative estimate of drug-likeness (QED) is 0.702. The number of pyridine rings is 1. The zero-order chi connectivity index (χ0) is 14.1. The number of nitrogens with zero attached hydrogens (tertiary/aromatic N) is 2. The Morgan fingerprint density at radius 3 is 2.84 bits per heavy atom. The van der Waals surface area contributed by atoms with Crippen LogP contribution in [-0.4, -0.2) is 50.3 Å². The number of methoxy groups -OCH3 is 1. The van der Waals surface area contributed by atoms with E-state index in [-0.39, 0.29) is 0 Å². The second-order valence-electron chi connectivity index (χ2n) is 4.61. The number of ether oxygens (including phenoxy) is 1. The van der Waals surface area contributed by atoms with E-state index in [4.69, 9.17) is 4.74 Å². The molecule has 0 aliphatic carbocycles. The van der Waals surface area contributed by atoms with Crippen LogP contribution >= 0.6 is 11.8 Å². The first-order valence-corrected chi connectivity index (χ1v) is 7.94. The first-order valence-electron chi connectivity index (χ1n) is 6.55. The highest BCUT2D eigenvalue weighted by molar-refractivity contribution is 7.98. The monoisotopic (exact) mass is 283 g/mol. The summed E-state index contributed by atoms with van der Waals surface area (Å²) >= 11 is 1.86. The van der Waals surface area contributed by atoms with Gasteiger partial charge in [0.2, 0.25) is 0 Å². The van der Waals surface area contributed by atoms with E-state index in [2.05, 4.69) is 47.6 Å². The number of hydrogen-bond acceptors (Lipinski definition) is 5. The summed E-state index contributed by atoms with van der Waals surface area (Å²) in [6.45, 7) is 4.66. The van der Waals surface area contributed by atoms with Crippen LogP contribution in [-0.2, 0) is 11.3 Å². The van der Waals surface area contributed by atoms with Gasteiger partial charge < -0.3 is 15.0 Å². The molecule has 1 atom stereocenters. The van der Waals surface area contributed by atoms with Crippen molar-refractivity contribution >= 4 is 17.6 Å². The Bertz CT molecular complexity index is 345. The topological polar surface area (TPSA) is 37.4 Å². The molecule has 1 N–H and O–H groups in total. The zero-order valence-electron chi connectivity index (χ0n) is 12.3. The maximum Gasteiger partial charge on any atom is 0.128 e. The largest absolute Gasteiger partial charge is 0.383 e. The Balaban J connectivity index is 2.46. The molecule has 0 aromatic carbocycles. The molecule has 0 saturated carbocycles. The summed E-state index contributed by atoms with van der Waals surface area (Å²) in [6.07, 6.45) is 4.07. The lowest BCUT2D eigenvalue weighted by Crippen LogP contribution is -2.31. The molecule has 108 valence electrons. The normalized spacial score (nSPS) is 12.4. The summed E-state index contributed by atoms with van der Waals surface area (Å²) in [4.78, 5) is 6.75. The van der Waals surface area contributed by atoms with E-state index in [0.29, 0.717) is 6.04 Å². The molecular weight excluding hydrogens is 258 g/mol. The van der Waals surface area contributed by atoms with Gasteiger partial charge >= 0.3 is 0 Å². The second kappa shape index (κ2) is 9.18. The lowest BCUT2D eigenvalue weighted by molar-refractivity contribution is 0.199. The molecule has 0 spiro atoms. The minimum Gasteiger partial charge on any atom is -0.383 e. The van der Waals surface area contributed by atoms with E-state index < -0.39 is 0 Å². The minimum absolute atomic E-state index is 0.494. The third kappa shape index (κ3) is 5.80. The molecule has 0 aliphatic heterocycles. The van der Waals surface area contributed by atoms with Crippen molar-refractivity contribution in [2.24, 2.45) is 0 Å². The Morgan fingerprint density at radius 1 is 1.47 bits per heavy atom. The van der Waals surface area contributed by atoms with E-state index in [1.54, 1.807) is 7.11 Å². The van der Waals surface area contributed by atoms with Gasteiger partial charge in [-0.15, -0.1) is 0 Å². The highest BCUT2D eigenvalue weighted by Crippen LogP contribution is 2.14. The van der Waals surface area contributed by atoms with E-state index >= 15 is 0 Å². The molecule has 5 heteroatoms. The minimum atomic E-state index is 0.494. The van der Waals surface area contributed by atoms with Crippen LogP contribution in [0.15, 0.2) is 18.3 Å². The maximum atomic E-state index is 4.99. The summed E-state index contributed by atoms with van der Waals surface area (Å²) in [5.41, 5.74) is 1.20. The lowest BCUT2D eigenvalue weighted by Gasteiger charge is -2.25. The van der Waals surface area contributed by atoms with Crippen LogP contribution in [0, 0.1) is 0 Å². The van der Waals surface area contributed by atoms with Crippen molar-refractivity contribution in [3.05, 3.63) is 23.9 Å². The van der Waals surface area contributed by atoms with E-state index in [1.807, 2.05) is 18.0 Å². The Morgan fingerprint density at radius 2 is 2.26 bits per heavy atom. The smallest absolute Gasteiger partial charge is 0.128 e. The number of thioether (sulfide) groups is 1. The first kappa shape index (κ1) is 16.3. The van der Waals surface area contributed by atoms with Crippen LogP contribution in [0.3, 0.4) is 0 Å². The summed E-state index contributed by atoms with van der Waals surface area (Å²) in [6, 6.07) is 4.71. The fourth-order valence-corrected chi connectivity index (χ4v) is 2.42. The van der Waals surface area contributed by atoms with Gasteiger partial charge in [-0.3, -0.25) is 0 Å². The summed E-state index contributed by atoms with van der Waals surface area (Å²) in [5, 5.41) is 3.31. The first-order chi connectivity index (χ1) is 9.19. The van der Waals surface area contributed by atoms with Gasteiger partial charge in [0.05, 0.1) is 6.61 Å². The summed E-state index contributed by atoms with van der Waals surface area (Å²) in [7, 11) is 3.81. The molecular formula is C14H25N3OS. The molecule has 0 radical (unpaired) electrons. The van der Waals surface area contributed by atoms with Crippen molar-refractivity contribution in [1.29, 1.82) is 0 Å². The Hall–Kier alpha value is -0.780. The molecule has 0 fully saturated rings. The van der Waals surface area contributed by atoms with E-state index in [9.17, 15) is 0 Å². The van der Waals surface area contributed by atoms with Gasteiger partial charge in [-0.2, -0.15) is 11.8 Å². The average Bonchev–Trinajstić information content (AvgIpc) is 2.44. The SMILES string of the molecule is COCCNCc1ccc(N(C)C(C)CSC)nc1. The summed E-state index contributed by atoms with van der Waals surface area (Å²) in [5.74, 6) is 2.14. The van der Waals surface area contributed by atoms with Crippen molar-refractivity contribution in [1.82, 2.24) is 10.3 Å². The van der Waals surface area contributed by atoms with Crippen LogP contribution in [0.1, 0.15) is 12.5 Å². The standard InChI is InChI=1S/C14H25N3OS/c1-12(11-19-4)17(2)14-6-5-13(10-16-14)9-15-7-8-18-3/h5-6,10,12,15H,7-9,11H2,1-4H3. The molecule has 0 saturated heterocycles. The van der Waals surface area contributed by atoms with Gasteiger partial charge in [0, 0.05) is 45.2 Å². The van der Waals surface area contributed by atoms with E-state index in [0.717, 1.165) is 31.3 Å². The third-order valence-electron chi connectivity index (χ3n) is 3.05. The van der Waals surface area contributed by atoms with Gasteiger partial charge in [0.15, 0.2) is 0 Å². The maximum absolute atomic E-state index is 4.99. The predicted octanol–water partition coefficient (Wildman–Crippen LogP) is 2.01. The number of anilines is 1. The predicted molar refractivity (Wildman–Crippen MR) is 84.1 cm³/mol. The molecule has 19 heavy (non-hydrogen) atoms. The molecule has 1 unspecified atom stereocenters. The van der Waals surface area contributed by atoms with Gasteiger partial charge in [0.1, 0.15) is 5.82 Å². The number of aromatic nitrogens is 1. The lowest BCUT2D eigenvalue weighted by atomic mass is 10.2. The fraction of sp³-hybridized carbons (Fsp3) is 0.643. The molecule has 1 aromatic rings. The number of hydrogen-bond donors (Lipinski definition) is 1. The second-order valence-corrected chi connectivity index (χ2v) is 5.52. The number of nitrogens with one attached hydrogen (secondary N) is 1. The van der Waals surface area contributed by atoms with Crippen molar-refractivity contribution in [2.75, 3.05) is 44.2 Å². The summed E-state index contributed by atoms with van der Waals surface area (Å²) < 4.78 is 4.99. The highest BCUT2D eigenvalue weighted by atomic mass is 32.2. The molecule has 1 rings (SSSR count). The zero-order valence-corrected chi connectivity index (χ0v) is 13.2. The van der Waals surface area contributed by atoms with Crippen LogP contribution in [0.4, 0.5) is 5.82 Å². The van der Waals surface area contributed by atoms with Crippen LogP contribution in [0.25, 0.3) is 0 Å². The molecule has 0 aliphatic rings. The molecule has 0 bridgehead atoms. The molecule has 1 aromatic heterocycles. The van der Waals surface area contributed by atoms with Gasteiger partial charge in [-0.1, -0.05) is 6.07 Å². The Labute approximate surface area is 120 Å². The van der Waals surface area contributed by atoms with Crippen molar-refractivity contribution in [3.63, 3.8) is 0 Å². The molecule has 1 heterocycles. The van der Waals surface area contributed by atoms with Crippen LogP contribution < -0.4 is 10.2 Å².